The fraction of sp³-hybridized carbons (Fsp3) is 0.222. The van der Waals surface area contributed by atoms with E-state index in [0.717, 1.165) is 16.9 Å². The fourth-order valence-corrected chi connectivity index (χ4v) is 6.20. The SMILES string of the molecule is N#CC1=C(SCC(=O)NCc2ccccc2)N[C@](O)(C(F)(F)F)[C@H](C(=O)c2cccs2)[C@H]1c1ccccc1Cl. The zero-order chi connectivity index (χ0) is 28.2. The highest BCUT2D eigenvalue weighted by molar-refractivity contribution is 8.03. The van der Waals surface area contributed by atoms with Gasteiger partial charge >= 0.3 is 6.18 Å². The first-order valence-corrected chi connectivity index (χ1v) is 13.8. The number of thiophene rings is 1. The molecule has 0 fully saturated rings. The summed E-state index contributed by atoms with van der Waals surface area (Å²) in [5, 5.41) is 27.2. The molecule has 12 heteroatoms. The third-order valence-corrected chi connectivity index (χ3v) is 8.41. The molecule has 2 heterocycles. The van der Waals surface area contributed by atoms with Gasteiger partial charge in [-0.15, -0.1) is 11.3 Å². The average molecular weight is 592 g/mol. The number of aliphatic hydroxyl groups is 1. The van der Waals surface area contributed by atoms with Gasteiger partial charge in [0.05, 0.1) is 33.2 Å². The van der Waals surface area contributed by atoms with Crippen molar-refractivity contribution >= 4 is 46.4 Å². The van der Waals surface area contributed by atoms with Crippen LogP contribution in [0.4, 0.5) is 13.2 Å². The number of carbonyl (C=O) groups excluding carboxylic acids is 2. The molecule has 6 nitrogen and oxygen atoms in total. The van der Waals surface area contributed by atoms with Gasteiger partial charge in [-0.05, 0) is 28.6 Å². The van der Waals surface area contributed by atoms with Crippen LogP contribution in [0.5, 0.6) is 0 Å². The third-order valence-electron chi connectivity index (χ3n) is 6.16. The summed E-state index contributed by atoms with van der Waals surface area (Å²) >= 11 is 7.91. The molecule has 0 saturated heterocycles. The molecule has 3 aromatic rings. The second kappa shape index (κ2) is 11.8. The molecular weight excluding hydrogens is 571 g/mol. The summed E-state index contributed by atoms with van der Waals surface area (Å²) in [6.45, 7) is 0.198. The van der Waals surface area contributed by atoms with Crippen molar-refractivity contribution in [3.8, 4) is 6.07 Å². The number of rotatable bonds is 8. The predicted molar refractivity (Wildman–Crippen MR) is 144 cm³/mol. The topological polar surface area (TPSA) is 102 Å². The van der Waals surface area contributed by atoms with E-state index in [-0.39, 0.29) is 38.4 Å². The van der Waals surface area contributed by atoms with E-state index in [4.69, 9.17) is 11.6 Å². The molecule has 1 aromatic heterocycles. The Labute approximate surface area is 235 Å². The number of carbonyl (C=O) groups is 2. The summed E-state index contributed by atoms with van der Waals surface area (Å²) in [4.78, 5) is 26.0. The minimum atomic E-state index is -5.34. The lowest BCUT2D eigenvalue weighted by Gasteiger charge is -2.45. The standard InChI is InChI=1S/C27H21ClF3N3O3S2/c28-19-10-5-4-9-17(19)22-18(13-32)25(39-15-21(35)33-14-16-7-2-1-3-8-16)34-26(37,27(29,30)31)23(22)24(36)20-11-6-12-38-20/h1-12,22-23,34,37H,14-15H2,(H,33,35)/t22-,23-,26+/m0/s1. The first-order chi connectivity index (χ1) is 18.6. The van der Waals surface area contributed by atoms with E-state index in [1.165, 1.54) is 35.7 Å². The number of nitriles is 1. The number of nitrogens with zero attached hydrogens (tertiary/aromatic N) is 1. The first kappa shape index (κ1) is 28.7. The van der Waals surface area contributed by atoms with Crippen molar-refractivity contribution in [2.75, 3.05) is 5.75 Å². The van der Waals surface area contributed by atoms with E-state index in [9.17, 15) is 33.1 Å². The zero-order valence-electron chi connectivity index (χ0n) is 20.0. The lowest BCUT2D eigenvalue weighted by Crippen LogP contribution is -2.66. The van der Waals surface area contributed by atoms with Crippen molar-refractivity contribution in [1.29, 1.82) is 5.26 Å². The fourth-order valence-electron chi connectivity index (χ4n) is 4.31. The zero-order valence-corrected chi connectivity index (χ0v) is 22.4. The third kappa shape index (κ3) is 5.99. The lowest BCUT2D eigenvalue weighted by molar-refractivity contribution is -0.285. The van der Waals surface area contributed by atoms with E-state index in [1.807, 2.05) is 17.5 Å². The summed E-state index contributed by atoms with van der Waals surface area (Å²) in [6.07, 6.45) is -5.34. The normalized spacial score (nSPS) is 21.1. The van der Waals surface area contributed by atoms with Crippen LogP contribution >= 0.6 is 34.7 Å². The molecule has 1 aliphatic heterocycles. The van der Waals surface area contributed by atoms with Crippen LogP contribution in [0.1, 0.15) is 26.7 Å². The molecular formula is C27H21ClF3N3O3S2. The lowest BCUT2D eigenvalue weighted by atomic mass is 9.70. The minimum Gasteiger partial charge on any atom is -0.363 e. The maximum Gasteiger partial charge on any atom is 0.437 e. The average Bonchev–Trinajstić information content (AvgIpc) is 3.45. The van der Waals surface area contributed by atoms with Crippen LogP contribution < -0.4 is 10.6 Å². The van der Waals surface area contributed by atoms with Crippen LogP contribution in [0.15, 0.2) is 82.7 Å². The summed E-state index contributed by atoms with van der Waals surface area (Å²) < 4.78 is 43.8. The van der Waals surface area contributed by atoms with Crippen molar-refractivity contribution in [3.05, 3.63) is 104 Å². The van der Waals surface area contributed by atoms with Gasteiger partial charge in [0.1, 0.15) is 0 Å². The Hall–Kier alpha value is -3.30. The number of nitrogens with one attached hydrogen (secondary N) is 2. The van der Waals surface area contributed by atoms with Gasteiger partial charge in [-0.1, -0.05) is 78.0 Å². The Morgan fingerprint density at radius 1 is 1.13 bits per heavy atom. The molecule has 0 bridgehead atoms. The van der Waals surface area contributed by atoms with Gasteiger partial charge in [0.25, 0.3) is 0 Å². The van der Waals surface area contributed by atoms with Gasteiger partial charge in [0.2, 0.25) is 11.6 Å². The molecule has 202 valence electrons. The predicted octanol–water partition coefficient (Wildman–Crippen LogP) is 5.62. The molecule has 0 unspecified atom stereocenters. The number of ketones is 1. The molecule has 3 N–H and O–H groups in total. The maximum atomic E-state index is 14.6. The first-order valence-electron chi connectivity index (χ1n) is 11.5. The Morgan fingerprint density at radius 3 is 2.44 bits per heavy atom. The number of hydrogen-bond donors (Lipinski definition) is 3. The Kier molecular flexibility index (Phi) is 8.71. The van der Waals surface area contributed by atoms with E-state index < -0.39 is 35.4 Å². The summed E-state index contributed by atoms with van der Waals surface area (Å²) in [6, 6.07) is 19.7. The van der Waals surface area contributed by atoms with Gasteiger partial charge in [-0.2, -0.15) is 18.4 Å². The van der Waals surface area contributed by atoms with Gasteiger partial charge < -0.3 is 15.7 Å². The molecule has 0 spiro atoms. The van der Waals surface area contributed by atoms with Crippen molar-refractivity contribution in [2.45, 2.75) is 24.4 Å². The van der Waals surface area contributed by atoms with Crippen molar-refractivity contribution in [1.82, 2.24) is 10.6 Å². The van der Waals surface area contributed by atoms with Crippen molar-refractivity contribution in [2.24, 2.45) is 5.92 Å². The number of benzene rings is 2. The monoisotopic (exact) mass is 591 g/mol. The minimum absolute atomic E-state index is 0.0183. The highest BCUT2D eigenvalue weighted by Gasteiger charge is 2.66. The quantitative estimate of drug-likeness (QED) is 0.294. The molecule has 3 atom stereocenters. The summed E-state index contributed by atoms with van der Waals surface area (Å²) in [5.74, 6) is -5.59. The molecule has 2 aromatic carbocycles. The number of thioether (sulfide) groups is 1. The van der Waals surface area contributed by atoms with Crippen LogP contribution in [0.25, 0.3) is 0 Å². The van der Waals surface area contributed by atoms with Crippen LogP contribution in [0.3, 0.4) is 0 Å². The molecule has 1 aliphatic rings. The second-order valence-electron chi connectivity index (χ2n) is 8.61. The highest BCUT2D eigenvalue weighted by Crippen LogP contribution is 2.52. The summed E-state index contributed by atoms with van der Waals surface area (Å²) in [7, 11) is 0. The highest BCUT2D eigenvalue weighted by atomic mass is 35.5. The Balaban J connectivity index is 1.75. The van der Waals surface area contributed by atoms with E-state index in [0.29, 0.717) is 11.8 Å². The second-order valence-corrected chi connectivity index (χ2v) is 11.0. The van der Waals surface area contributed by atoms with Crippen LogP contribution in [0.2, 0.25) is 5.02 Å². The molecule has 0 radical (unpaired) electrons. The van der Waals surface area contributed by atoms with E-state index in [1.54, 1.807) is 30.3 Å². The molecule has 0 aliphatic carbocycles. The van der Waals surface area contributed by atoms with E-state index >= 15 is 0 Å². The van der Waals surface area contributed by atoms with Gasteiger partial charge in [0, 0.05) is 17.5 Å². The van der Waals surface area contributed by atoms with Crippen LogP contribution in [0, 0.1) is 17.2 Å². The number of amides is 1. The molecule has 1 amide bonds. The summed E-state index contributed by atoms with van der Waals surface area (Å²) in [5.41, 5.74) is -3.11. The van der Waals surface area contributed by atoms with Crippen molar-refractivity contribution in [3.63, 3.8) is 0 Å². The Bertz CT molecular complexity index is 1430. The molecule has 4 rings (SSSR count). The number of Topliss-reactive ketones (excluding diaryl/α,β-unsaturated/α-hetero) is 1. The van der Waals surface area contributed by atoms with Gasteiger partial charge in [-0.3, -0.25) is 9.59 Å². The molecule has 39 heavy (non-hydrogen) atoms. The van der Waals surface area contributed by atoms with E-state index in [2.05, 4.69) is 5.32 Å². The van der Waals surface area contributed by atoms with Gasteiger partial charge in [0.15, 0.2) is 5.78 Å². The smallest absolute Gasteiger partial charge is 0.363 e. The van der Waals surface area contributed by atoms with Crippen LogP contribution in [-0.2, 0) is 11.3 Å². The largest absolute Gasteiger partial charge is 0.437 e. The number of allylic oxidation sites excluding steroid dienone is 1. The van der Waals surface area contributed by atoms with Crippen LogP contribution in [-0.4, -0.2) is 34.5 Å². The Morgan fingerprint density at radius 2 is 1.82 bits per heavy atom. The molecule has 0 saturated carbocycles. The maximum absolute atomic E-state index is 14.6. The number of hydrogen-bond acceptors (Lipinski definition) is 7. The van der Waals surface area contributed by atoms with Crippen molar-refractivity contribution < 1.29 is 27.9 Å². The van der Waals surface area contributed by atoms with Gasteiger partial charge in [-0.25, -0.2) is 0 Å². The number of halogens is 4. The number of alkyl halides is 3.